The summed E-state index contributed by atoms with van der Waals surface area (Å²) in [7, 11) is 4.03. The number of nitrogen functional groups attached to an aromatic ring is 1. The van der Waals surface area contributed by atoms with Crippen molar-refractivity contribution in [1.29, 1.82) is 0 Å². The third kappa shape index (κ3) is 3.40. The molecule has 0 heterocycles. The molecule has 2 rings (SSSR count). The van der Waals surface area contributed by atoms with Gasteiger partial charge in [0, 0.05) is 19.8 Å². The standard InChI is InChI=1S/C15H19N3.ClH/c1-12-9-10-14(11-15(12)16)18(17(2)3)13-7-5-4-6-8-13;/h4-11H,16H2,1-3H3;1H. The number of hydrogen-bond donors (Lipinski definition) is 1. The molecule has 0 aliphatic carbocycles. The minimum atomic E-state index is 0. The van der Waals surface area contributed by atoms with Crippen LogP contribution in [0.2, 0.25) is 0 Å². The van der Waals surface area contributed by atoms with Crippen LogP contribution in [0.3, 0.4) is 0 Å². The van der Waals surface area contributed by atoms with Gasteiger partial charge in [-0.1, -0.05) is 24.3 Å². The molecule has 0 unspecified atom stereocenters. The summed E-state index contributed by atoms with van der Waals surface area (Å²) in [5.41, 5.74) is 10.1. The fourth-order valence-corrected chi connectivity index (χ4v) is 1.94. The molecule has 19 heavy (non-hydrogen) atoms. The van der Waals surface area contributed by atoms with Crippen LogP contribution in [0.15, 0.2) is 48.5 Å². The molecule has 0 amide bonds. The van der Waals surface area contributed by atoms with Crippen LogP contribution < -0.4 is 10.7 Å². The Hall–Kier alpha value is -1.71. The van der Waals surface area contributed by atoms with Gasteiger partial charge in [-0.3, -0.25) is 5.01 Å². The molecule has 0 aliphatic rings. The first kappa shape index (κ1) is 15.3. The molecule has 4 heteroatoms. The minimum Gasteiger partial charge on any atom is -0.398 e. The summed E-state index contributed by atoms with van der Waals surface area (Å²) in [6.07, 6.45) is 0. The highest BCUT2D eigenvalue weighted by Crippen LogP contribution is 2.28. The molecule has 0 radical (unpaired) electrons. The highest BCUT2D eigenvalue weighted by Gasteiger charge is 2.11. The van der Waals surface area contributed by atoms with Gasteiger partial charge in [0.15, 0.2) is 0 Å². The Morgan fingerprint density at radius 3 is 2.05 bits per heavy atom. The van der Waals surface area contributed by atoms with Gasteiger partial charge in [0.25, 0.3) is 0 Å². The number of nitrogens with zero attached hydrogens (tertiary/aromatic N) is 2. The lowest BCUT2D eigenvalue weighted by molar-refractivity contribution is 0.418. The summed E-state index contributed by atoms with van der Waals surface area (Å²) in [6.45, 7) is 2.02. The fourth-order valence-electron chi connectivity index (χ4n) is 1.94. The predicted octanol–water partition coefficient (Wildman–Crippen LogP) is 3.61. The van der Waals surface area contributed by atoms with E-state index in [1.165, 1.54) is 0 Å². The van der Waals surface area contributed by atoms with Crippen molar-refractivity contribution in [3.63, 3.8) is 0 Å². The van der Waals surface area contributed by atoms with E-state index < -0.39 is 0 Å². The zero-order valence-corrected chi connectivity index (χ0v) is 12.3. The van der Waals surface area contributed by atoms with E-state index in [1.54, 1.807) is 0 Å². The van der Waals surface area contributed by atoms with Gasteiger partial charge in [-0.05, 0) is 36.8 Å². The molecule has 0 saturated carbocycles. The van der Waals surface area contributed by atoms with E-state index >= 15 is 0 Å². The molecule has 2 aromatic rings. The topological polar surface area (TPSA) is 32.5 Å². The number of para-hydroxylation sites is 1. The van der Waals surface area contributed by atoms with Gasteiger partial charge in [-0.25, -0.2) is 5.01 Å². The van der Waals surface area contributed by atoms with Crippen molar-refractivity contribution in [2.45, 2.75) is 6.92 Å². The van der Waals surface area contributed by atoms with E-state index in [1.807, 2.05) is 56.4 Å². The second kappa shape index (κ2) is 6.45. The molecule has 3 nitrogen and oxygen atoms in total. The molecule has 0 spiro atoms. The number of halogens is 1. The molecule has 2 N–H and O–H groups in total. The number of benzene rings is 2. The lowest BCUT2D eigenvalue weighted by atomic mass is 10.1. The average molecular weight is 278 g/mol. The third-order valence-corrected chi connectivity index (χ3v) is 2.91. The van der Waals surface area contributed by atoms with E-state index in [2.05, 4.69) is 23.2 Å². The first-order valence-electron chi connectivity index (χ1n) is 5.98. The molecule has 102 valence electrons. The van der Waals surface area contributed by atoms with Crippen molar-refractivity contribution >= 4 is 29.5 Å². The second-order valence-electron chi connectivity index (χ2n) is 4.54. The van der Waals surface area contributed by atoms with Gasteiger partial charge in [-0.15, -0.1) is 12.4 Å². The van der Waals surface area contributed by atoms with Crippen LogP contribution in [0.1, 0.15) is 5.56 Å². The molecule has 2 aromatic carbocycles. The summed E-state index contributed by atoms with van der Waals surface area (Å²) >= 11 is 0. The smallest absolute Gasteiger partial charge is 0.0600 e. The van der Waals surface area contributed by atoms with Crippen LogP contribution in [0.5, 0.6) is 0 Å². The number of hydrazine groups is 1. The van der Waals surface area contributed by atoms with Crippen LogP contribution in [0.25, 0.3) is 0 Å². The summed E-state index contributed by atoms with van der Waals surface area (Å²) in [5, 5.41) is 4.16. The van der Waals surface area contributed by atoms with Gasteiger partial charge >= 0.3 is 0 Å². The Balaban J connectivity index is 0.00000180. The third-order valence-electron chi connectivity index (χ3n) is 2.91. The Bertz CT molecular complexity index is 526. The molecule has 0 fully saturated rings. The second-order valence-corrected chi connectivity index (χ2v) is 4.54. The monoisotopic (exact) mass is 277 g/mol. The van der Waals surface area contributed by atoms with Crippen molar-refractivity contribution < 1.29 is 0 Å². The van der Waals surface area contributed by atoms with Crippen LogP contribution in [0, 0.1) is 6.92 Å². The van der Waals surface area contributed by atoms with Gasteiger partial charge in [0.1, 0.15) is 0 Å². The first-order valence-corrected chi connectivity index (χ1v) is 5.98. The Morgan fingerprint density at radius 2 is 1.53 bits per heavy atom. The van der Waals surface area contributed by atoms with Gasteiger partial charge < -0.3 is 5.73 Å². The van der Waals surface area contributed by atoms with Crippen molar-refractivity contribution in [3.05, 3.63) is 54.1 Å². The van der Waals surface area contributed by atoms with E-state index in [4.69, 9.17) is 5.73 Å². The molecule has 0 atom stereocenters. The van der Waals surface area contributed by atoms with Gasteiger partial charge in [0.05, 0.1) is 11.4 Å². The maximum Gasteiger partial charge on any atom is 0.0600 e. The van der Waals surface area contributed by atoms with Crippen molar-refractivity contribution in [1.82, 2.24) is 5.01 Å². The largest absolute Gasteiger partial charge is 0.398 e. The van der Waals surface area contributed by atoms with Crippen molar-refractivity contribution in [2.24, 2.45) is 0 Å². The maximum absolute atomic E-state index is 5.99. The Labute approximate surface area is 121 Å². The molecular formula is C15H20ClN3. The van der Waals surface area contributed by atoms with E-state index in [0.717, 1.165) is 22.6 Å². The molecule has 0 aromatic heterocycles. The molecule has 0 bridgehead atoms. The number of hydrogen-bond acceptors (Lipinski definition) is 3. The Morgan fingerprint density at radius 1 is 0.895 bits per heavy atom. The normalized spacial score (nSPS) is 10.1. The lowest BCUT2D eigenvalue weighted by Gasteiger charge is -2.31. The quantitative estimate of drug-likeness (QED) is 0.687. The summed E-state index contributed by atoms with van der Waals surface area (Å²) in [4.78, 5) is 0. The minimum absolute atomic E-state index is 0. The van der Waals surface area contributed by atoms with Gasteiger partial charge in [0.2, 0.25) is 0 Å². The van der Waals surface area contributed by atoms with E-state index in [-0.39, 0.29) is 12.4 Å². The van der Waals surface area contributed by atoms with Crippen LogP contribution in [0.4, 0.5) is 17.1 Å². The Kier molecular flexibility index (Phi) is 5.21. The van der Waals surface area contributed by atoms with Crippen LogP contribution in [-0.4, -0.2) is 19.1 Å². The molecule has 0 aliphatic heterocycles. The van der Waals surface area contributed by atoms with Crippen molar-refractivity contribution in [3.8, 4) is 0 Å². The number of rotatable bonds is 3. The maximum atomic E-state index is 5.99. The molecular weight excluding hydrogens is 258 g/mol. The summed E-state index contributed by atoms with van der Waals surface area (Å²) in [6, 6.07) is 16.4. The highest BCUT2D eigenvalue weighted by molar-refractivity contribution is 5.85. The van der Waals surface area contributed by atoms with E-state index in [0.29, 0.717) is 0 Å². The zero-order chi connectivity index (χ0) is 13.1. The number of anilines is 3. The average Bonchev–Trinajstić information content (AvgIpc) is 2.35. The SMILES string of the molecule is Cc1ccc(N(c2ccccc2)N(C)C)cc1N.Cl. The number of nitrogens with two attached hydrogens (primary N) is 1. The highest BCUT2D eigenvalue weighted by atomic mass is 35.5. The summed E-state index contributed by atoms with van der Waals surface area (Å²) < 4.78 is 0. The fraction of sp³-hybridized carbons (Fsp3) is 0.200. The van der Waals surface area contributed by atoms with Crippen molar-refractivity contribution in [2.75, 3.05) is 24.8 Å². The number of aryl methyl sites for hydroxylation is 1. The zero-order valence-electron chi connectivity index (χ0n) is 11.5. The van der Waals surface area contributed by atoms with E-state index in [9.17, 15) is 0 Å². The first-order chi connectivity index (χ1) is 8.59. The van der Waals surface area contributed by atoms with Crippen LogP contribution in [-0.2, 0) is 0 Å². The van der Waals surface area contributed by atoms with Crippen LogP contribution >= 0.6 is 12.4 Å². The lowest BCUT2D eigenvalue weighted by Crippen LogP contribution is -2.32. The summed E-state index contributed by atoms with van der Waals surface area (Å²) in [5.74, 6) is 0. The molecule has 0 saturated heterocycles. The van der Waals surface area contributed by atoms with Gasteiger partial charge in [-0.2, -0.15) is 0 Å². The predicted molar refractivity (Wildman–Crippen MR) is 85.1 cm³/mol.